The van der Waals surface area contributed by atoms with E-state index < -0.39 is 29.5 Å². The molecular formula is C10H12F2O3. The van der Waals surface area contributed by atoms with Crippen LogP contribution in [0.15, 0.2) is 0 Å². The highest BCUT2D eigenvalue weighted by Gasteiger charge is 2.53. The van der Waals surface area contributed by atoms with E-state index in [-0.39, 0.29) is 6.61 Å². The molecule has 1 atom stereocenters. The first kappa shape index (κ1) is 10.7. The predicted octanol–water partition coefficient (Wildman–Crippen LogP) is 1.35. The maximum Gasteiger partial charge on any atom is 0.296 e. The Hall–Kier alpha value is -0.840. The Kier molecular flexibility index (Phi) is 2.58. The monoisotopic (exact) mass is 218 g/mol. The Bertz CT molecular complexity index is 295. The molecule has 1 saturated heterocycles. The molecule has 1 heterocycles. The van der Waals surface area contributed by atoms with Crippen molar-refractivity contribution in [3.05, 3.63) is 0 Å². The van der Waals surface area contributed by atoms with Gasteiger partial charge < -0.3 is 4.74 Å². The molecule has 0 amide bonds. The van der Waals surface area contributed by atoms with Gasteiger partial charge in [-0.1, -0.05) is 0 Å². The number of rotatable bonds is 2. The van der Waals surface area contributed by atoms with E-state index in [1.807, 2.05) is 0 Å². The van der Waals surface area contributed by atoms with Crippen LogP contribution < -0.4 is 0 Å². The van der Waals surface area contributed by atoms with Gasteiger partial charge in [-0.15, -0.1) is 0 Å². The molecule has 2 aliphatic rings. The lowest BCUT2D eigenvalue weighted by atomic mass is 9.89. The fourth-order valence-corrected chi connectivity index (χ4v) is 2.41. The Morgan fingerprint density at radius 3 is 2.53 bits per heavy atom. The van der Waals surface area contributed by atoms with Crippen LogP contribution in [-0.2, 0) is 14.3 Å². The van der Waals surface area contributed by atoms with E-state index in [1.165, 1.54) is 0 Å². The molecular weight excluding hydrogens is 206 g/mol. The number of alkyl halides is 2. The van der Waals surface area contributed by atoms with Crippen LogP contribution in [0.2, 0.25) is 0 Å². The van der Waals surface area contributed by atoms with Crippen molar-refractivity contribution in [3.63, 3.8) is 0 Å². The van der Waals surface area contributed by atoms with Crippen molar-refractivity contribution in [1.82, 2.24) is 0 Å². The van der Waals surface area contributed by atoms with Crippen LogP contribution in [0.1, 0.15) is 25.7 Å². The molecule has 1 unspecified atom stereocenters. The standard InChI is InChI=1S/C10H12F2O3/c11-9(12)7(13)6-5-15-10(8(6)14)3-1-2-4-10/h6,9H,1-5H2. The van der Waals surface area contributed by atoms with Crippen molar-refractivity contribution < 1.29 is 23.1 Å². The van der Waals surface area contributed by atoms with E-state index in [9.17, 15) is 18.4 Å². The molecule has 15 heavy (non-hydrogen) atoms. The molecule has 0 aromatic carbocycles. The highest BCUT2D eigenvalue weighted by Crippen LogP contribution is 2.41. The van der Waals surface area contributed by atoms with Gasteiger partial charge in [0.25, 0.3) is 6.43 Å². The predicted molar refractivity (Wildman–Crippen MR) is 46.7 cm³/mol. The van der Waals surface area contributed by atoms with Gasteiger partial charge in [-0.25, -0.2) is 8.78 Å². The Balaban J connectivity index is 2.13. The van der Waals surface area contributed by atoms with Gasteiger partial charge in [-0.05, 0) is 25.7 Å². The zero-order valence-electron chi connectivity index (χ0n) is 8.17. The minimum atomic E-state index is -3.07. The Labute approximate surface area is 85.8 Å². The molecule has 84 valence electrons. The smallest absolute Gasteiger partial charge is 0.296 e. The van der Waals surface area contributed by atoms with Gasteiger partial charge in [-0.2, -0.15) is 0 Å². The SMILES string of the molecule is O=C(C(F)F)C1COC2(CCCC2)C1=O. The number of carbonyl (C=O) groups excluding carboxylic acids is 2. The van der Waals surface area contributed by atoms with E-state index in [2.05, 4.69) is 0 Å². The second kappa shape index (κ2) is 3.63. The van der Waals surface area contributed by atoms with Gasteiger partial charge in [0.05, 0.1) is 6.61 Å². The van der Waals surface area contributed by atoms with Crippen molar-refractivity contribution in [2.24, 2.45) is 5.92 Å². The molecule has 0 N–H and O–H groups in total. The van der Waals surface area contributed by atoms with Crippen molar-refractivity contribution >= 4 is 11.6 Å². The van der Waals surface area contributed by atoms with E-state index in [0.29, 0.717) is 12.8 Å². The number of hydrogen-bond acceptors (Lipinski definition) is 3. The minimum Gasteiger partial charge on any atom is -0.366 e. The maximum atomic E-state index is 12.2. The minimum absolute atomic E-state index is 0.165. The topological polar surface area (TPSA) is 43.4 Å². The van der Waals surface area contributed by atoms with Crippen LogP contribution in [0, 0.1) is 5.92 Å². The van der Waals surface area contributed by atoms with Crippen molar-refractivity contribution in [2.75, 3.05) is 6.61 Å². The van der Waals surface area contributed by atoms with Gasteiger partial charge in [0.15, 0.2) is 5.78 Å². The summed E-state index contributed by atoms with van der Waals surface area (Å²) in [7, 11) is 0. The summed E-state index contributed by atoms with van der Waals surface area (Å²) in [5.41, 5.74) is -0.908. The van der Waals surface area contributed by atoms with Crippen LogP contribution in [0.4, 0.5) is 8.78 Å². The second-order valence-electron chi connectivity index (χ2n) is 4.13. The largest absolute Gasteiger partial charge is 0.366 e. The fourth-order valence-electron chi connectivity index (χ4n) is 2.41. The molecule has 0 bridgehead atoms. The molecule has 0 radical (unpaired) electrons. The lowest BCUT2D eigenvalue weighted by Crippen LogP contribution is -2.37. The number of ether oxygens (including phenoxy) is 1. The summed E-state index contributed by atoms with van der Waals surface area (Å²) in [6, 6.07) is 0. The summed E-state index contributed by atoms with van der Waals surface area (Å²) in [4.78, 5) is 22.8. The van der Waals surface area contributed by atoms with E-state index in [1.54, 1.807) is 0 Å². The summed E-state index contributed by atoms with van der Waals surface area (Å²) in [5.74, 6) is -2.95. The van der Waals surface area contributed by atoms with Gasteiger partial charge in [0, 0.05) is 0 Å². The first-order valence-corrected chi connectivity index (χ1v) is 5.07. The quantitative estimate of drug-likeness (QED) is 0.657. The van der Waals surface area contributed by atoms with Crippen LogP contribution in [-0.4, -0.2) is 30.2 Å². The molecule has 0 aromatic rings. The number of ketones is 2. The molecule has 1 saturated carbocycles. The third kappa shape index (κ3) is 1.58. The van der Waals surface area contributed by atoms with E-state index >= 15 is 0 Å². The lowest BCUT2D eigenvalue weighted by Gasteiger charge is -2.19. The van der Waals surface area contributed by atoms with Gasteiger partial charge >= 0.3 is 0 Å². The highest BCUT2D eigenvalue weighted by atomic mass is 19.3. The van der Waals surface area contributed by atoms with E-state index in [4.69, 9.17) is 4.74 Å². The first-order valence-electron chi connectivity index (χ1n) is 5.07. The number of Topliss-reactive ketones (excluding diaryl/α,β-unsaturated/α-hetero) is 2. The van der Waals surface area contributed by atoms with Crippen molar-refractivity contribution in [3.8, 4) is 0 Å². The third-order valence-corrected chi connectivity index (χ3v) is 3.26. The Morgan fingerprint density at radius 1 is 1.40 bits per heavy atom. The summed E-state index contributed by atoms with van der Waals surface area (Å²) < 4.78 is 29.6. The van der Waals surface area contributed by atoms with Crippen molar-refractivity contribution in [1.29, 1.82) is 0 Å². The summed E-state index contributed by atoms with van der Waals surface area (Å²) in [5, 5.41) is 0. The molecule has 2 fully saturated rings. The zero-order chi connectivity index (χ0) is 11.1. The lowest BCUT2D eigenvalue weighted by molar-refractivity contribution is -0.140. The summed E-state index contributed by atoms with van der Waals surface area (Å²) in [6.07, 6.45) is -0.209. The molecule has 2 rings (SSSR count). The molecule has 0 aromatic heterocycles. The molecule has 1 spiro atoms. The molecule has 1 aliphatic carbocycles. The average Bonchev–Trinajstić information content (AvgIpc) is 2.77. The van der Waals surface area contributed by atoms with Gasteiger partial charge in [0.2, 0.25) is 5.78 Å². The highest BCUT2D eigenvalue weighted by molar-refractivity contribution is 6.08. The van der Waals surface area contributed by atoms with Crippen LogP contribution >= 0.6 is 0 Å². The second-order valence-corrected chi connectivity index (χ2v) is 4.13. The van der Waals surface area contributed by atoms with Crippen molar-refractivity contribution in [2.45, 2.75) is 37.7 Å². The fraction of sp³-hybridized carbons (Fsp3) is 0.800. The molecule has 1 aliphatic heterocycles. The third-order valence-electron chi connectivity index (χ3n) is 3.26. The Morgan fingerprint density at radius 2 is 2.00 bits per heavy atom. The molecule has 3 nitrogen and oxygen atoms in total. The van der Waals surface area contributed by atoms with Crippen LogP contribution in [0.3, 0.4) is 0 Å². The normalized spacial score (nSPS) is 29.3. The van der Waals surface area contributed by atoms with E-state index in [0.717, 1.165) is 12.8 Å². The average molecular weight is 218 g/mol. The zero-order valence-corrected chi connectivity index (χ0v) is 8.17. The van der Waals surface area contributed by atoms with Crippen LogP contribution in [0.5, 0.6) is 0 Å². The summed E-state index contributed by atoms with van der Waals surface area (Å²) >= 11 is 0. The summed E-state index contributed by atoms with van der Waals surface area (Å²) in [6.45, 7) is -0.165. The van der Waals surface area contributed by atoms with Gasteiger partial charge in [0.1, 0.15) is 11.5 Å². The number of halogens is 2. The maximum absolute atomic E-state index is 12.2. The first-order chi connectivity index (χ1) is 7.07. The number of hydrogen-bond donors (Lipinski definition) is 0. The number of carbonyl (C=O) groups is 2. The molecule has 5 heteroatoms. The van der Waals surface area contributed by atoms with Gasteiger partial charge in [-0.3, -0.25) is 9.59 Å². The van der Waals surface area contributed by atoms with Crippen LogP contribution in [0.25, 0.3) is 0 Å².